The molecular weight excluding hydrogens is 585 g/mol. The maximum absolute atomic E-state index is 12.8. The fourth-order valence-electron chi connectivity index (χ4n) is 3.51. The van der Waals surface area contributed by atoms with E-state index < -0.39 is 57.9 Å². The van der Waals surface area contributed by atoms with E-state index in [2.05, 4.69) is 24.8 Å². The number of nitrogens with one attached hydrogen (secondary N) is 1. The van der Waals surface area contributed by atoms with Crippen molar-refractivity contribution < 1.29 is 56.8 Å². The first kappa shape index (κ1) is 31.8. The molecule has 14 nitrogen and oxygen atoms in total. The van der Waals surface area contributed by atoms with Crippen LogP contribution in [0, 0.1) is 0 Å². The highest BCUT2D eigenvalue weighted by atomic mass is 31.2. The third-order valence-electron chi connectivity index (χ3n) is 5.56. The molecule has 40 heavy (non-hydrogen) atoms. The molecule has 0 saturated carbocycles. The largest absolute Gasteiger partial charge is 0.416 e. The molecule has 220 valence electrons. The van der Waals surface area contributed by atoms with Crippen molar-refractivity contribution in [2.24, 2.45) is 0 Å². The number of rotatable bonds is 12. The second kappa shape index (κ2) is 12.4. The lowest BCUT2D eigenvalue weighted by molar-refractivity contribution is -0.137. The molecule has 4 atom stereocenters. The number of halogens is 3. The molecule has 0 spiro atoms. The summed E-state index contributed by atoms with van der Waals surface area (Å²) in [4.78, 5) is 39.6. The highest BCUT2D eigenvalue weighted by molar-refractivity contribution is 7.70. The lowest BCUT2D eigenvalue weighted by Crippen LogP contribution is -2.37. The van der Waals surface area contributed by atoms with Crippen molar-refractivity contribution in [3.63, 3.8) is 0 Å². The topological polar surface area (TPSA) is 220 Å². The number of fused-ring (bicyclic) bond motifs is 1. The van der Waals surface area contributed by atoms with Gasteiger partial charge in [0.05, 0.1) is 18.5 Å². The number of anilines is 1. The van der Waals surface area contributed by atoms with Crippen molar-refractivity contribution in [3.05, 3.63) is 59.7 Å². The van der Waals surface area contributed by atoms with E-state index in [1.54, 1.807) is 0 Å². The molecule has 1 aromatic carbocycles. The van der Waals surface area contributed by atoms with E-state index in [1.807, 2.05) is 0 Å². The first-order valence-electron chi connectivity index (χ1n) is 11.3. The quantitative estimate of drug-likeness (QED) is 0.115. The maximum Gasteiger partial charge on any atom is 0.416 e. The summed E-state index contributed by atoms with van der Waals surface area (Å²) >= 11 is 0. The number of allylic oxidation sites excluding steroid dienone is 1. The van der Waals surface area contributed by atoms with Crippen LogP contribution in [-0.4, -0.2) is 74.2 Å². The first-order chi connectivity index (χ1) is 18.5. The monoisotopic (exact) mass is 611 g/mol. The third-order valence-corrected chi connectivity index (χ3v) is 9.00. The molecule has 1 unspecified atom stereocenters. The molecule has 0 saturated heterocycles. The number of aliphatic hydroxyl groups is 3. The Hall–Kier alpha value is -2.72. The lowest BCUT2D eigenvalue weighted by Gasteiger charge is -2.26. The molecule has 0 aliphatic heterocycles. The molecule has 0 bridgehead atoms. The number of imidazole rings is 1. The lowest BCUT2D eigenvalue weighted by atomic mass is 10.0. The summed E-state index contributed by atoms with van der Waals surface area (Å²) < 4.78 is 66.9. The fraction of sp³-hybridized carbons (Fsp3) is 0.381. The average Bonchev–Trinajstić information content (AvgIpc) is 3.30. The van der Waals surface area contributed by atoms with Gasteiger partial charge in [-0.15, -0.1) is 0 Å². The van der Waals surface area contributed by atoms with Crippen LogP contribution in [0.25, 0.3) is 11.2 Å². The first-order valence-corrected chi connectivity index (χ1v) is 14.9. The summed E-state index contributed by atoms with van der Waals surface area (Å²) in [5, 5.41) is 34.8. The second-order valence-electron chi connectivity index (χ2n) is 8.52. The van der Waals surface area contributed by atoms with Gasteiger partial charge in [-0.25, -0.2) is 15.0 Å². The molecule has 7 N–H and O–H groups in total. The van der Waals surface area contributed by atoms with Crippen molar-refractivity contribution in [2.75, 3.05) is 17.8 Å². The minimum atomic E-state index is -4.88. The standard InChI is InChI=1S/C21H26F3N5O9P2/c1-2-13(8-38-40(36,37)11-39(33,34)35)16(30)17(31)20(32)29-10-28-15-18(26-9-27-19(15)29)25-7-12-3-5-14(6-4-12)21(22,23)24/h2-6,9-10,16-17,20,30-32H,7-8,11H2,1H3,(H,36,37)(H,25,26,27)(H2,33,34,35)/b13-2-/t16-,17-,20-/m1/s1. The van der Waals surface area contributed by atoms with Gasteiger partial charge in [0.1, 0.15) is 18.5 Å². The zero-order valence-electron chi connectivity index (χ0n) is 20.6. The predicted molar refractivity (Wildman–Crippen MR) is 134 cm³/mol. The van der Waals surface area contributed by atoms with Crippen molar-refractivity contribution in [3.8, 4) is 0 Å². The Balaban J connectivity index is 1.72. The molecule has 0 aliphatic carbocycles. The zero-order chi connectivity index (χ0) is 29.9. The molecule has 2 aromatic heterocycles. The van der Waals surface area contributed by atoms with E-state index in [4.69, 9.17) is 9.79 Å². The number of hydrogen-bond donors (Lipinski definition) is 7. The minimum absolute atomic E-state index is 0.0171. The van der Waals surface area contributed by atoms with Crippen LogP contribution in [0.1, 0.15) is 24.3 Å². The molecule has 19 heteroatoms. The number of hydrogen-bond acceptors (Lipinski definition) is 10. The Kier molecular flexibility index (Phi) is 9.88. The van der Waals surface area contributed by atoms with Crippen LogP contribution in [0.4, 0.5) is 19.0 Å². The van der Waals surface area contributed by atoms with Crippen LogP contribution < -0.4 is 5.32 Å². The fourth-order valence-corrected chi connectivity index (χ4v) is 6.05. The molecule has 0 aliphatic rings. The van der Waals surface area contributed by atoms with E-state index in [9.17, 15) is 42.5 Å². The van der Waals surface area contributed by atoms with Gasteiger partial charge in [-0.2, -0.15) is 13.2 Å². The van der Waals surface area contributed by atoms with Gasteiger partial charge in [-0.1, -0.05) is 18.2 Å². The van der Waals surface area contributed by atoms with Gasteiger partial charge in [0, 0.05) is 6.54 Å². The molecular formula is C21H26F3N5O9P2. The van der Waals surface area contributed by atoms with Crippen LogP contribution in [0.2, 0.25) is 0 Å². The minimum Gasteiger partial charge on any atom is -0.386 e. The van der Waals surface area contributed by atoms with Gasteiger partial charge in [0.2, 0.25) is 0 Å². The molecule has 0 amide bonds. The van der Waals surface area contributed by atoms with E-state index >= 15 is 0 Å². The molecule has 3 aromatic rings. The maximum atomic E-state index is 12.8. The van der Waals surface area contributed by atoms with Crippen LogP contribution in [0.15, 0.2) is 48.6 Å². The Bertz CT molecular complexity index is 1450. The van der Waals surface area contributed by atoms with E-state index in [0.29, 0.717) is 5.56 Å². The summed E-state index contributed by atoms with van der Waals surface area (Å²) in [6, 6.07) is 4.45. The third kappa shape index (κ3) is 8.16. The van der Waals surface area contributed by atoms with E-state index in [0.717, 1.165) is 29.4 Å². The number of aliphatic hydroxyl groups excluding tert-OH is 3. The van der Waals surface area contributed by atoms with Gasteiger partial charge >= 0.3 is 21.4 Å². The number of benzene rings is 1. The number of aromatic nitrogens is 4. The van der Waals surface area contributed by atoms with Crippen molar-refractivity contribution in [2.45, 2.75) is 38.1 Å². The summed E-state index contributed by atoms with van der Waals surface area (Å²) in [6.07, 6.45) is -6.71. The highest BCUT2D eigenvalue weighted by Gasteiger charge is 2.34. The Morgan fingerprint density at radius 1 is 1.10 bits per heavy atom. The number of nitrogens with zero attached hydrogens (tertiary/aromatic N) is 4. The smallest absolute Gasteiger partial charge is 0.386 e. The Morgan fingerprint density at radius 2 is 1.75 bits per heavy atom. The average molecular weight is 611 g/mol. The van der Waals surface area contributed by atoms with Crippen LogP contribution in [-0.2, 0) is 26.4 Å². The van der Waals surface area contributed by atoms with Crippen molar-refractivity contribution in [1.29, 1.82) is 0 Å². The molecule has 0 radical (unpaired) electrons. The van der Waals surface area contributed by atoms with Gasteiger partial charge in [-0.05, 0) is 30.2 Å². The second-order valence-corrected chi connectivity index (χ2v) is 12.5. The normalized spacial score (nSPS) is 16.9. The summed E-state index contributed by atoms with van der Waals surface area (Å²) in [5.74, 6) is -1.29. The Labute approximate surface area is 224 Å². The van der Waals surface area contributed by atoms with Gasteiger partial charge in [0.25, 0.3) is 0 Å². The van der Waals surface area contributed by atoms with Gasteiger partial charge in [-0.3, -0.25) is 13.7 Å². The van der Waals surface area contributed by atoms with E-state index in [1.165, 1.54) is 25.1 Å². The van der Waals surface area contributed by atoms with Gasteiger partial charge in [0.15, 0.2) is 29.1 Å². The SMILES string of the molecule is C/C=C(/COP(=O)(O)CP(=O)(O)O)[C@@H](O)[C@@H](O)[C@@H](O)n1cnc2c(NCc3ccc(C(F)(F)F)cc3)ncnc21. The highest BCUT2D eigenvalue weighted by Crippen LogP contribution is 2.55. The zero-order valence-corrected chi connectivity index (χ0v) is 22.4. The molecule has 3 rings (SSSR count). The predicted octanol–water partition coefficient (Wildman–Crippen LogP) is 1.95. The van der Waals surface area contributed by atoms with Crippen molar-refractivity contribution in [1.82, 2.24) is 19.5 Å². The van der Waals surface area contributed by atoms with Crippen LogP contribution in [0.5, 0.6) is 0 Å². The summed E-state index contributed by atoms with van der Waals surface area (Å²) in [7, 11) is -9.63. The number of alkyl halides is 3. The Morgan fingerprint density at radius 3 is 2.33 bits per heavy atom. The van der Waals surface area contributed by atoms with Crippen LogP contribution in [0.3, 0.4) is 0 Å². The van der Waals surface area contributed by atoms with Crippen molar-refractivity contribution >= 4 is 32.2 Å². The van der Waals surface area contributed by atoms with Crippen LogP contribution >= 0.6 is 15.2 Å². The molecule has 0 fully saturated rings. The molecule has 2 heterocycles. The van der Waals surface area contributed by atoms with E-state index in [-0.39, 0.29) is 29.1 Å². The summed E-state index contributed by atoms with van der Waals surface area (Å²) in [6.45, 7) is 0.670. The summed E-state index contributed by atoms with van der Waals surface area (Å²) in [5.41, 5.74) is -0.322. The van der Waals surface area contributed by atoms with Gasteiger partial charge < -0.3 is 39.8 Å².